The fourth-order valence-electron chi connectivity index (χ4n) is 1.65. The molecule has 7 heteroatoms. The number of amides is 1. The number of anilines is 1. The van der Waals surface area contributed by atoms with Crippen LogP contribution < -0.4 is 5.32 Å². The normalized spacial score (nSPS) is 10.5. The summed E-state index contributed by atoms with van der Waals surface area (Å²) < 4.78 is 12.8. The van der Waals surface area contributed by atoms with Crippen LogP contribution in [-0.2, 0) is 10.5 Å². The van der Waals surface area contributed by atoms with E-state index in [0.29, 0.717) is 26.5 Å². The number of halogens is 4. The summed E-state index contributed by atoms with van der Waals surface area (Å²) in [5.74, 6) is 0.379. The van der Waals surface area contributed by atoms with E-state index in [1.54, 1.807) is 12.1 Å². The Morgan fingerprint density at radius 1 is 1.05 bits per heavy atom. The fourth-order valence-corrected chi connectivity index (χ4v) is 3.03. The van der Waals surface area contributed by atoms with Gasteiger partial charge in [0.25, 0.3) is 0 Å². The highest BCUT2D eigenvalue weighted by Gasteiger charge is 2.09. The highest BCUT2D eigenvalue weighted by atomic mass is 35.5. The van der Waals surface area contributed by atoms with E-state index in [4.69, 9.17) is 34.8 Å². The van der Waals surface area contributed by atoms with Gasteiger partial charge in [0, 0.05) is 5.75 Å². The molecule has 0 radical (unpaired) electrons. The maximum atomic E-state index is 12.8. The van der Waals surface area contributed by atoms with E-state index in [1.807, 2.05) is 0 Å². The zero-order valence-corrected chi connectivity index (χ0v) is 14.3. The average Bonchev–Trinajstić information content (AvgIpc) is 2.47. The summed E-state index contributed by atoms with van der Waals surface area (Å²) in [6, 6.07) is 9.16. The van der Waals surface area contributed by atoms with Crippen molar-refractivity contribution in [2.75, 3.05) is 11.1 Å². The van der Waals surface area contributed by atoms with Gasteiger partial charge >= 0.3 is 0 Å². The quantitative estimate of drug-likeness (QED) is 0.680. The van der Waals surface area contributed by atoms with Crippen molar-refractivity contribution in [3.8, 4) is 0 Å². The van der Waals surface area contributed by atoms with Gasteiger partial charge in [-0.2, -0.15) is 0 Å². The van der Waals surface area contributed by atoms with Crippen LogP contribution in [0.2, 0.25) is 15.1 Å². The third-order valence-electron chi connectivity index (χ3n) is 2.70. The maximum absolute atomic E-state index is 12.8. The van der Waals surface area contributed by atoms with Gasteiger partial charge in [-0.25, -0.2) is 4.39 Å². The van der Waals surface area contributed by atoms with Gasteiger partial charge in [-0.1, -0.05) is 46.9 Å². The van der Waals surface area contributed by atoms with Gasteiger partial charge in [0.1, 0.15) is 5.82 Å². The second-order valence-electron chi connectivity index (χ2n) is 4.41. The Hall–Kier alpha value is -0.940. The number of carbonyl (C=O) groups excluding carboxylic acids is 1. The lowest BCUT2D eigenvalue weighted by Gasteiger charge is -2.08. The molecule has 0 unspecified atom stereocenters. The van der Waals surface area contributed by atoms with Crippen LogP contribution in [0.25, 0.3) is 0 Å². The smallest absolute Gasteiger partial charge is 0.234 e. The number of nitrogens with one attached hydrogen (secondary N) is 1. The molecule has 0 aliphatic rings. The predicted octanol–water partition coefficient (Wildman–Crippen LogP) is 5.66. The summed E-state index contributed by atoms with van der Waals surface area (Å²) in [5.41, 5.74) is 1.37. The van der Waals surface area contributed by atoms with Gasteiger partial charge in [0.15, 0.2) is 0 Å². The zero-order valence-electron chi connectivity index (χ0n) is 11.2. The Kier molecular flexibility index (Phi) is 6.38. The van der Waals surface area contributed by atoms with E-state index in [1.165, 1.54) is 36.0 Å². The van der Waals surface area contributed by atoms with E-state index < -0.39 is 0 Å². The molecule has 2 rings (SSSR count). The van der Waals surface area contributed by atoms with Gasteiger partial charge in [0.05, 0.1) is 26.5 Å². The van der Waals surface area contributed by atoms with Crippen molar-refractivity contribution in [1.29, 1.82) is 0 Å². The van der Waals surface area contributed by atoms with Crippen molar-refractivity contribution in [3.63, 3.8) is 0 Å². The lowest BCUT2D eigenvalue weighted by molar-refractivity contribution is -0.113. The van der Waals surface area contributed by atoms with Gasteiger partial charge in [-0.05, 0) is 29.8 Å². The third-order valence-corrected chi connectivity index (χ3v) is 4.74. The van der Waals surface area contributed by atoms with Crippen LogP contribution in [0.3, 0.4) is 0 Å². The lowest BCUT2D eigenvalue weighted by Crippen LogP contribution is -2.14. The molecule has 22 heavy (non-hydrogen) atoms. The molecule has 2 nitrogen and oxygen atoms in total. The molecule has 2 aromatic rings. The summed E-state index contributed by atoms with van der Waals surface area (Å²) >= 11 is 19.1. The van der Waals surface area contributed by atoms with E-state index in [0.717, 1.165) is 5.56 Å². The average molecular weight is 379 g/mol. The highest BCUT2D eigenvalue weighted by Crippen LogP contribution is 2.32. The minimum absolute atomic E-state index is 0.201. The number of benzene rings is 2. The number of carbonyl (C=O) groups is 1. The van der Waals surface area contributed by atoms with Crippen LogP contribution in [0.15, 0.2) is 36.4 Å². The fraction of sp³-hybridized carbons (Fsp3) is 0.133. The Balaban J connectivity index is 1.85. The van der Waals surface area contributed by atoms with Gasteiger partial charge < -0.3 is 5.32 Å². The van der Waals surface area contributed by atoms with Crippen LogP contribution in [0.5, 0.6) is 0 Å². The number of rotatable bonds is 5. The molecule has 1 amide bonds. The lowest BCUT2D eigenvalue weighted by atomic mass is 10.2. The monoisotopic (exact) mass is 377 g/mol. The molecule has 0 spiro atoms. The Labute approximate surface area is 146 Å². The molecule has 0 fully saturated rings. The Morgan fingerprint density at radius 3 is 2.36 bits per heavy atom. The van der Waals surface area contributed by atoms with Crippen molar-refractivity contribution < 1.29 is 9.18 Å². The molecule has 0 aromatic heterocycles. The molecule has 1 N–H and O–H groups in total. The van der Waals surface area contributed by atoms with E-state index in [2.05, 4.69) is 5.32 Å². The first-order valence-corrected chi connectivity index (χ1v) is 8.51. The largest absolute Gasteiger partial charge is 0.324 e. The first-order valence-electron chi connectivity index (χ1n) is 6.22. The van der Waals surface area contributed by atoms with E-state index >= 15 is 0 Å². The zero-order chi connectivity index (χ0) is 16.1. The van der Waals surface area contributed by atoms with Crippen LogP contribution in [0, 0.1) is 5.82 Å². The standard InChI is InChI=1S/C15H11Cl3FNOS/c16-11-5-13(18)14(6-12(11)17)20-15(21)8-22-7-9-1-3-10(19)4-2-9/h1-6H,7-8H2,(H,20,21). The number of hydrogen-bond acceptors (Lipinski definition) is 2. The van der Waals surface area contributed by atoms with Crippen molar-refractivity contribution in [2.45, 2.75) is 5.75 Å². The minimum Gasteiger partial charge on any atom is -0.324 e. The third kappa shape index (κ3) is 5.06. The summed E-state index contributed by atoms with van der Waals surface area (Å²) in [6.45, 7) is 0. The highest BCUT2D eigenvalue weighted by molar-refractivity contribution is 7.99. The maximum Gasteiger partial charge on any atom is 0.234 e. The molecule has 2 aromatic carbocycles. The molecule has 0 heterocycles. The summed E-state index contributed by atoms with van der Waals surface area (Å²) in [5, 5.41) is 3.65. The molecule has 0 saturated heterocycles. The van der Waals surface area contributed by atoms with Gasteiger partial charge in [-0.3, -0.25) is 4.79 Å². The van der Waals surface area contributed by atoms with Crippen molar-refractivity contribution >= 4 is 58.2 Å². The molecule has 0 atom stereocenters. The molecule has 0 bridgehead atoms. The first kappa shape index (κ1) is 17.4. The van der Waals surface area contributed by atoms with Crippen LogP contribution in [0.4, 0.5) is 10.1 Å². The molecule has 116 valence electrons. The van der Waals surface area contributed by atoms with Crippen LogP contribution >= 0.6 is 46.6 Å². The molecular weight excluding hydrogens is 368 g/mol. The summed E-state index contributed by atoms with van der Waals surface area (Å²) in [6.07, 6.45) is 0. The Bertz CT molecular complexity index is 679. The molecule has 0 aliphatic carbocycles. The van der Waals surface area contributed by atoms with E-state index in [-0.39, 0.29) is 17.5 Å². The predicted molar refractivity (Wildman–Crippen MR) is 92.7 cm³/mol. The SMILES string of the molecule is O=C(CSCc1ccc(F)cc1)Nc1cc(Cl)c(Cl)cc1Cl. The summed E-state index contributed by atoms with van der Waals surface area (Å²) in [7, 11) is 0. The van der Waals surface area contributed by atoms with Crippen molar-refractivity contribution in [2.24, 2.45) is 0 Å². The first-order chi connectivity index (χ1) is 10.5. The van der Waals surface area contributed by atoms with Crippen molar-refractivity contribution in [3.05, 3.63) is 62.8 Å². The van der Waals surface area contributed by atoms with Crippen molar-refractivity contribution in [1.82, 2.24) is 0 Å². The second kappa shape index (κ2) is 8.06. The van der Waals surface area contributed by atoms with Crippen LogP contribution in [0.1, 0.15) is 5.56 Å². The summed E-state index contributed by atoms with van der Waals surface area (Å²) in [4.78, 5) is 11.9. The molecule has 0 aliphatic heterocycles. The molecular formula is C15H11Cl3FNOS. The van der Waals surface area contributed by atoms with Gasteiger partial charge in [-0.15, -0.1) is 11.8 Å². The number of thioether (sulfide) groups is 1. The number of hydrogen-bond donors (Lipinski definition) is 1. The Morgan fingerprint density at radius 2 is 1.68 bits per heavy atom. The minimum atomic E-state index is -0.277. The second-order valence-corrected chi connectivity index (χ2v) is 6.62. The van der Waals surface area contributed by atoms with Crippen LogP contribution in [-0.4, -0.2) is 11.7 Å². The molecule has 0 saturated carbocycles. The van der Waals surface area contributed by atoms with Gasteiger partial charge in [0.2, 0.25) is 5.91 Å². The topological polar surface area (TPSA) is 29.1 Å². The van der Waals surface area contributed by atoms with E-state index in [9.17, 15) is 9.18 Å².